The summed E-state index contributed by atoms with van der Waals surface area (Å²) >= 11 is 1.16. The number of amides is 1. The number of rotatable bonds is 7. The van der Waals surface area contributed by atoms with Crippen molar-refractivity contribution in [3.8, 4) is 0 Å². The van der Waals surface area contributed by atoms with Crippen LogP contribution in [0.3, 0.4) is 0 Å². The molecular weight excluding hydrogens is 408 g/mol. The fourth-order valence-electron chi connectivity index (χ4n) is 3.46. The van der Waals surface area contributed by atoms with Crippen molar-refractivity contribution in [2.75, 3.05) is 43.9 Å². The summed E-state index contributed by atoms with van der Waals surface area (Å²) in [6.45, 7) is 5.41. The van der Waals surface area contributed by atoms with Gasteiger partial charge in [0, 0.05) is 53.9 Å². The fourth-order valence-corrected chi connectivity index (χ4v) is 4.18. The van der Waals surface area contributed by atoms with Crippen molar-refractivity contribution in [3.63, 3.8) is 0 Å². The van der Waals surface area contributed by atoms with Crippen LogP contribution >= 0.6 is 11.8 Å². The Labute approximate surface area is 178 Å². The van der Waals surface area contributed by atoms with E-state index in [9.17, 15) is 13.6 Å². The molecule has 1 N–H and O–H groups in total. The Balaban J connectivity index is 1.33. The number of fused-ring (bicyclic) bond motifs is 1. The molecule has 0 aliphatic carbocycles. The molecule has 1 saturated heterocycles. The van der Waals surface area contributed by atoms with Crippen molar-refractivity contribution >= 4 is 34.3 Å². The summed E-state index contributed by atoms with van der Waals surface area (Å²) in [6, 6.07) is 11.5. The van der Waals surface area contributed by atoms with Gasteiger partial charge in [0.05, 0.1) is 19.0 Å². The average Bonchev–Trinajstić information content (AvgIpc) is 3.16. The molecule has 4 rings (SSSR count). The minimum absolute atomic E-state index is 0.115. The average molecular weight is 432 g/mol. The third kappa shape index (κ3) is 5.19. The summed E-state index contributed by atoms with van der Waals surface area (Å²) in [5.41, 5.74) is 1.83. The van der Waals surface area contributed by atoms with Gasteiger partial charge in [0.25, 0.3) is 0 Å². The molecule has 2 aromatic carbocycles. The standard InChI is InChI=1S/C22H23F2N3O2S/c23-19-3-2-18(14-20(19)24)30-15-22(28)25-17-1-4-21-16(13-17)5-6-27(21)8-7-26-9-11-29-12-10-26/h1-6,13-14H,7-12,15H2,(H,25,28). The van der Waals surface area contributed by atoms with Gasteiger partial charge in [-0.3, -0.25) is 9.69 Å². The van der Waals surface area contributed by atoms with E-state index in [0.717, 1.165) is 74.2 Å². The molecule has 1 aromatic heterocycles. The van der Waals surface area contributed by atoms with Crippen LogP contribution < -0.4 is 5.32 Å². The maximum absolute atomic E-state index is 13.3. The Kier molecular flexibility index (Phi) is 6.66. The molecule has 0 saturated carbocycles. The maximum Gasteiger partial charge on any atom is 0.234 e. The van der Waals surface area contributed by atoms with Gasteiger partial charge in [-0.05, 0) is 42.5 Å². The molecule has 0 unspecified atom stereocenters. The monoisotopic (exact) mass is 431 g/mol. The summed E-state index contributed by atoms with van der Waals surface area (Å²) < 4.78 is 33.9. The second-order valence-electron chi connectivity index (χ2n) is 7.15. The molecule has 0 atom stereocenters. The number of carbonyl (C=O) groups excluding carboxylic acids is 1. The van der Waals surface area contributed by atoms with Crippen LogP contribution in [0.25, 0.3) is 10.9 Å². The van der Waals surface area contributed by atoms with Crippen LogP contribution in [0.2, 0.25) is 0 Å². The lowest BCUT2D eigenvalue weighted by molar-refractivity contribution is -0.113. The number of ether oxygens (including phenoxy) is 1. The number of hydrogen-bond donors (Lipinski definition) is 1. The number of aromatic nitrogens is 1. The highest BCUT2D eigenvalue weighted by atomic mass is 32.2. The second kappa shape index (κ2) is 9.59. The van der Waals surface area contributed by atoms with Crippen molar-refractivity contribution in [1.29, 1.82) is 0 Å². The van der Waals surface area contributed by atoms with Crippen LogP contribution in [0.4, 0.5) is 14.5 Å². The van der Waals surface area contributed by atoms with Gasteiger partial charge in [0.1, 0.15) is 0 Å². The smallest absolute Gasteiger partial charge is 0.234 e. The first-order valence-electron chi connectivity index (χ1n) is 9.85. The summed E-state index contributed by atoms with van der Waals surface area (Å²) in [5.74, 6) is -1.89. The second-order valence-corrected chi connectivity index (χ2v) is 8.20. The molecule has 2 heterocycles. The molecule has 0 bridgehead atoms. The number of carbonyl (C=O) groups is 1. The Morgan fingerprint density at radius 1 is 1.03 bits per heavy atom. The van der Waals surface area contributed by atoms with Crippen molar-refractivity contribution in [2.45, 2.75) is 11.4 Å². The Morgan fingerprint density at radius 3 is 2.67 bits per heavy atom. The van der Waals surface area contributed by atoms with Crippen LogP contribution in [0.15, 0.2) is 53.6 Å². The lowest BCUT2D eigenvalue weighted by Gasteiger charge is -2.26. The summed E-state index contributed by atoms with van der Waals surface area (Å²) in [5, 5.41) is 3.92. The highest BCUT2D eigenvalue weighted by molar-refractivity contribution is 8.00. The predicted octanol–water partition coefficient (Wildman–Crippen LogP) is 3.98. The molecule has 0 radical (unpaired) electrons. The molecule has 5 nitrogen and oxygen atoms in total. The van der Waals surface area contributed by atoms with Crippen molar-refractivity contribution in [1.82, 2.24) is 9.47 Å². The number of hydrogen-bond acceptors (Lipinski definition) is 4. The highest BCUT2D eigenvalue weighted by Crippen LogP contribution is 2.23. The third-order valence-corrected chi connectivity index (χ3v) is 6.07. The number of nitrogens with one attached hydrogen (secondary N) is 1. The van der Waals surface area contributed by atoms with E-state index in [4.69, 9.17) is 4.74 Å². The van der Waals surface area contributed by atoms with E-state index < -0.39 is 11.6 Å². The van der Waals surface area contributed by atoms with E-state index in [1.807, 2.05) is 24.3 Å². The van der Waals surface area contributed by atoms with Gasteiger partial charge in [-0.15, -0.1) is 11.8 Å². The SMILES string of the molecule is O=C(CSc1ccc(F)c(F)c1)Nc1ccc2c(ccn2CCN2CCOCC2)c1. The topological polar surface area (TPSA) is 46.5 Å². The molecule has 8 heteroatoms. The summed E-state index contributed by atoms with van der Waals surface area (Å²) in [6.07, 6.45) is 2.07. The van der Waals surface area contributed by atoms with Crippen LogP contribution in [-0.4, -0.2) is 54.0 Å². The zero-order valence-electron chi connectivity index (χ0n) is 16.4. The molecule has 1 amide bonds. The summed E-state index contributed by atoms with van der Waals surface area (Å²) in [7, 11) is 0. The zero-order chi connectivity index (χ0) is 20.9. The number of anilines is 1. The van der Waals surface area contributed by atoms with E-state index >= 15 is 0 Å². The van der Waals surface area contributed by atoms with E-state index in [0.29, 0.717) is 10.6 Å². The zero-order valence-corrected chi connectivity index (χ0v) is 17.3. The van der Waals surface area contributed by atoms with E-state index in [1.54, 1.807) is 0 Å². The van der Waals surface area contributed by atoms with Gasteiger partial charge in [-0.25, -0.2) is 8.78 Å². The van der Waals surface area contributed by atoms with Crippen LogP contribution in [0.1, 0.15) is 0 Å². The molecular formula is C22H23F2N3O2S. The quantitative estimate of drug-likeness (QED) is 0.575. The number of nitrogens with zero attached hydrogens (tertiary/aromatic N) is 2. The van der Waals surface area contributed by atoms with Gasteiger partial charge in [0.2, 0.25) is 5.91 Å². The normalized spacial score (nSPS) is 14.9. The highest BCUT2D eigenvalue weighted by Gasteiger charge is 2.11. The maximum atomic E-state index is 13.3. The molecule has 30 heavy (non-hydrogen) atoms. The van der Waals surface area contributed by atoms with Gasteiger partial charge in [-0.1, -0.05) is 0 Å². The minimum Gasteiger partial charge on any atom is -0.379 e. The van der Waals surface area contributed by atoms with Crippen LogP contribution in [0, 0.1) is 11.6 Å². The van der Waals surface area contributed by atoms with Crippen molar-refractivity contribution in [3.05, 3.63) is 60.3 Å². The first-order valence-corrected chi connectivity index (χ1v) is 10.8. The summed E-state index contributed by atoms with van der Waals surface area (Å²) in [4.78, 5) is 15.1. The fraction of sp³-hybridized carbons (Fsp3) is 0.318. The van der Waals surface area contributed by atoms with Gasteiger partial charge in [0.15, 0.2) is 11.6 Å². The first-order chi connectivity index (χ1) is 14.6. The Bertz CT molecular complexity index is 1030. The van der Waals surface area contributed by atoms with E-state index in [1.165, 1.54) is 6.07 Å². The van der Waals surface area contributed by atoms with Gasteiger partial charge >= 0.3 is 0 Å². The molecule has 0 spiro atoms. The van der Waals surface area contributed by atoms with Gasteiger partial charge < -0.3 is 14.6 Å². The Morgan fingerprint density at radius 2 is 1.87 bits per heavy atom. The molecule has 1 aliphatic rings. The minimum atomic E-state index is -0.913. The van der Waals surface area contributed by atoms with E-state index in [-0.39, 0.29) is 11.7 Å². The number of halogens is 2. The lowest BCUT2D eigenvalue weighted by atomic mass is 10.2. The predicted molar refractivity (Wildman–Crippen MR) is 115 cm³/mol. The largest absolute Gasteiger partial charge is 0.379 e. The first kappa shape index (κ1) is 20.8. The van der Waals surface area contributed by atoms with Crippen molar-refractivity contribution < 1.29 is 18.3 Å². The van der Waals surface area contributed by atoms with Crippen LogP contribution in [-0.2, 0) is 16.1 Å². The lowest BCUT2D eigenvalue weighted by Crippen LogP contribution is -2.38. The number of morpholine rings is 1. The molecule has 1 fully saturated rings. The van der Waals surface area contributed by atoms with Crippen LogP contribution in [0.5, 0.6) is 0 Å². The number of thioether (sulfide) groups is 1. The third-order valence-electron chi connectivity index (χ3n) is 5.08. The molecule has 3 aromatic rings. The number of benzene rings is 2. The van der Waals surface area contributed by atoms with Gasteiger partial charge in [-0.2, -0.15) is 0 Å². The molecule has 158 valence electrons. The van der Waals surface area contributed by atoms with E-state index in [2.05, 4.69) is 21.0 Å². The molecule has 1 aliphatic heterocycles. The van der Waals surface area contributed by atoms with Crippen molar-refractivity contribution in [2.24, 2.45) is 0 Å². The Hall–Kier alpha value is -2.42.